The first kappa shape index (κ1) is 31.0. The van der Waals surface area contributed by atoms with Crippen molar-refractivity contribution in [3.8, 4) is 63.3 Å². The normalized spacial score (nSPS) is 17.2. The smallest absolute Gasteiger partial charge is 0.131 e. The number of allylic oxidation sites excluding steroid dienone is 2. The molecule has 0 unspecified atom stereocenters. The average Bonchev–Trinajstić information content (AvgIpc) is 3.99. The molecule has 0 amide bonds. The van der Waals surface area contributed by atoms with Gasteiger partial charge in [-0.15, -0.1) is 56.7 Å². The molecule has 0 aromatic carbocycles. The molecular formula is C40H28N4S5. The molecule has 0 bridgehead atoms. The van der Waals surface area contributed by atoms with Gasteiger partial charge in [0.2, 0.25) is 0 Å². The highest BCUT2D eigenvalue weighted by Gasteiger charge is 2.56. The highest BCUT2D eigenvalue weighted by atomic mass is 32.1. The number of nitrogens with zero attached hydrogens (tertiary/aromatic N) is 4. The second-order valence-corrected chi connectivity index (χ2v) is 18.8. The Hall–Kier alpha value is -4.06. The van der Waals surface area contributed by atoms with Crippen molar-refractivity contribution in [2.24, 2.45) is 0 Å². The molecule has 4 aliphatic carbocycles. The molecule has 5 heterocycles. The third-order valence-electron chi connectivity index (χ3n) is 11.0. The van der Waals surface area contributed by atoms with Gasteiger partial charge in [-0.3, -0.25) is 0 Å². The number of rotatable bonds is 4. The van der Waals surface area contributed by atoms with E-state index in [9.17, 15) is 21.0 Å². The van der Waals surface area contributed by atoms with E-state index in [2.05, 4.69) is 35.6 Å². The van der Waals surface area contributed by atoms with Crippen LogP contribution in [0.4, 0.5) is 0 Å². The van der Waals surface area contributed by atoms with Crippen molar-refractivity contribution in [3.05, 3.63) is 79.6 Å². The van der Waals surface area contributed by atoms with E-state index in [1.807, 2.05) is 59.1 Å². The van der Waals surface area contributed by atoms with Gasteiger partial charge in [0, 0.05) is 59.6 Å². The monoisotopic (exact) mass is 724 g/mol. The summed E-state index contributed by atoms with van der Waals surface area (Å²) in [5.41, 5.74) is 6.88. The van der Waals surface area contributed by atoms with Crippen molar-refractivity contribution in [3.63, 3.8) is 0 Å². The molecule has 0 N–H and O–H groups in total. The lowest BCUT2D eigenvalue weighted by Crippen LogP contribution is -2.34. The quantitative estimate of drug-likeness (QED) is 0.172. The summed E-state index contributed by atoms with van der Waals surface area (Å²) in [5, 5.41) is 37.1. The Bertz CT molecular complexity index is 2210. The zero-order valence-corrected chi connectivity index (χ0v) is 30.6. The van der Waals surface area contributed by atoms with Crippen LogP contribution in [-0.2, 0) is 10.8 Å². The van der Waals surface area contributed by atoms with E-state index in [4.69, 9.17) is 0 Å². The van der Waals surface area contributed by atoms with E-state index in [-0.39, 0.29) is 22.0 Å². The summed E-state index contributed by atoms with van der Waals surface area (Å²) in [6.45, 7) is 0. The topological polar surface area (TPSA) is 95.2 Å². The van der Waals surface area contributed by atoms with Gasteiger partial charge in [-0.25, -0.2) is 0 Å². The molecule has 0 atom stereocenters. The first-order valence-corrected chi connectivity index (χ1v) is 20.8. The first-order chi connectivity index (χ1) is 24.0. The van der Waals surface area contributed by atoms with Crippen molar-refractivity contribution < 1.29 is 0 Å². The van der Waals surface area contributed by atoms with Crippen LogP contribution >= 0.6 is 56.7 Å². The fourth-order valence-corrected chi connectivity index (χ4v) is 15.3. The Kier molecular flexibility index (Phi) is 7.44. The zero-order chi connectivity index (χ0) is 33.3. The van der Waals surface area contributed by atoms with Crippen LogP contribution in [0.2, 0.25) is 0 Å². The molecule has 9 heteroatoms. The fourth-order valence-electron chi connectivity index (χ4n) is 8.95. The Morgan fingerprint density at radius 2 is 0.898 bits per heavy atom. The van der Waals surface area contributed by atoms with Crippen LogP contribution in [0.15, 0.2) is 47.5 Å². The minimum Gasteiger partial charge on any atom is -0.192 e. The van der Waals surface area contributed by atoms with Crippen molar-refractivity contribution in [1.82, 2.24) is 0 Å². The Labute approximate surface area is 305 Å². The molecule has 5 aromatic rings. The lowest BCUT2D eigenvalue weighted by atomic mass is 9.61. The Balaban J connectivity index is 1.19. The lowest BCUT2D eigenvalue weighted by molar-refractivity contribution is 0.326. The first-order valence-electron chi connectivity index (χ1n) is 16.7. The largest absolute Gasteiger partial charge is 0.192 e. The van der Waals surface area contributed by atoms with Crippen molar-refractivity contribution >= 4 is 68.8 Å². The van der Waals surface area contributed by atoms with Crippen LogP contribution in [0.3, 0.4) is 0 Å². The van der Waals surface area contributed by atoms with Crippen molar-refractivity contribution in [2.45, 2.75) is 75.0 Å². The van der Waals surface area contributed by atoms with Crippen molar-refractivity contribution in [2.75, 3.05) is 0 Å². The number of fused-ring (bicyclic) bond motifs is 11. The SMILES string of the molecule is N#CC(C#N)=Cc1ccc(-c2cc3c(s2)-c2sc4c(c2C32CCCCC2)C2(CCCCC2)c2cc(-c3ccc(C=C(C#N)C#N)s3)sc2-4)s1. The summed E-state index contributed by atoms with van der Waals surface area (Å²) in [7, 11) is 0. The van der Waals surface area contributed by atoms with Crippen LogP contribution < -0.4 is 0 Å². The van der Waals surface area contributed by atoms with Gasteiger partial charge in [0.15, 0.2) is 0 Å². The van der Waals surface area contributed by atoms with Gasteiger partial charge in [-0.1, -0.05) is 38.5 Å². The molecule has 0 saturated heterocycles. The highest BCUT2D eigenvalue weighted by molar-refractivity contribution is 7.30. The number of hydrogen-bond acceptors (Lipinski definition) is 9. The van der Waals surface area contributed by atoms with Crippen molar-refractivity contribution in [1.29, 1.82) is 21.0 Å². The van der Waals surface area contributed by atoms with E-state index in [0.29, 0.717) is 0 Å². The third-order valence-corrected chi connectivity index (χ3v) is 17.2. The second-order valence-electron chi connectivity index (χ2n) is 13.5. The molecule has 4 aliphatic rings. The standard InChI is InChI=1S/C40H28N4S5/c41-19-23(20-42)15-25-7-9-29(45-25)31-17-27-35(47-31)37-33(39(27)11-3-1-4-12-39)34-38(49-37)36-28(40(34)13-5-2-6-14-40)18-32(48-36)30-10-8-26(46-30)16-24(21-43)22-44/h7-10,15-18H,1-6,11-14H2. The van der Waals surface area contributed by atoms with Crippen LogP contribution in [0.1, 0.15) is 96.2 Å². The fraction of sp³-hybridized carbons (Fsp3) is 0.300. The van der Waals surface area contributed by atoms with Crippen LogP contribution in [-0.4, -0.2) is 0 Å². The van der Waals surface area contributed by atoms with Crippen LogP contribution in [0.5, 0.6) is 0 Å². The summed E-state index contributed by atoms with van der Waals surface area (Å²) >= 11 is 9.25. The number of nitriles is 4. The van der Waals surface area contributed by atoms with Gasteiger partial charge in [-0.05, 0) is 96.5 Å². The zero-order valence-electron chi connectivity index (χ0n) is 26.5. The van der Waals surface area contributed by atoms with Gasteiger partial charge in [-0.2, -0.15) is 21.0 Å². The van der Waals surface area contributed by atoms with E-state index < -0.39 is 0 Å². The van der Waals surface area contributed by atoms with Gasteiger partial charge in [0.25, 0.3) is 0 Å². The molecule has 238 valence electrons. The maximum absolute atomic E-state index is 9.28. The van der Waals surface area contributed by atoms with Crippen LogP contribution in [0, 0.1) is 45.3 Å². The molecule has 0 radical (unpaired) electrons. The lowest BCUT2D eigenvalue weighted by Gasteiger charge is -2.41. The predicted octanol–water partition coefficient (Wildman–Crippen LogP) is 12.7. The van der Waals surface area contributed by atoms with Gasteiger partial charge >= 0.3 is 0 Å². The van der Waals surface area contributed by atoms with E-state index >= 15 is 0 Å². The molecule has 4 nitrogen and oxygen atoms in total. The van der Waals surface area contributed by atoms with Gasteiger partial charge < -0.3 is 0 Å². The van der Waals surface area contributed by atoms with E-state index in [0.717, 1.165) is 9.75 Å². The van der Waals surface area contributed by atoms with E-state index in [1.165, 1.54) is 103 Å². The Morgan fingerprint density at radius 3 is 1.29 bits per heavy atom. The molecule has 2 saturated carbocycles. The van der Waals surface area contributed by atoms with Gasteiger partial charge in [0.1, 0.15) is 35.4 Å². The van der Waals surface area contributed by atoms with E-state index in [1.54, 1.807) is 57.1 Å². The molecule has 2 fully saturated rings. The second kappa shape index (κ2) is 11.8. The molecule has 9 rings (SSSR count). The molecular weight excluding hydrogens is 697 g/mol. The Morgan fingerprint density at radius 1 is 0.490 bits per heavy atom. The minimum atomic E-state index is 0.0755. The summed E-state index contributed by atoms with van der Waals surface area (Å²) in [6.07, 6.45) is 15.9. The molecule has 49 heavy (non-hydrogen) atoms. The minimum absolute atomic E-state index is 0.0755. The third kappa shape index (κ3) is 4.58. The van der Waals surface area contributed by atoms with Gasteiger partial charge in [0.05, 0.1) is 0 Å². The average molecular weight is 725 g/mol. The maximum atomic E-state index is 9.28. The summed E-state index contributed by atoms with van der Waals surface area (Å²) in [4.78, 5) is 12.8. The van der Waals surface area contributed by atoms with Crippen LogP contribution in [0.25, 0.3) is 51.2 Å². The summed E-state index contributed by atoms with van der Waals surface area (Å²) in [6, 6.07) is 21.3. The maximum Gasteiger partial charge on any atom is 0.131 e. The predicted molar refractivity (Wildman–Crippen MR) is 204 cm³/mol. The molecule has 0 aliphatic heterocycles. The number of thiophene rings is 5. The molecule has 2 spiro atoms. The summed E-state index contributed by atoms with van der Waals surface area (Å²) < 4.78 is 0. The molecule has 5 aromatic heterocycles. The highest BCUT2D eigenvalue weighted by Crippen LogP contribution is 2.71. The number of hydrogen-bond donors (Lipinski definition) is 0. The summed E-state index contributed by atoms with van der Waals surface area (Å²) in [5.74, 6) is 0.